The van der Waals surface area contributed by atoms with Crippen LogP contribution < -0.4 is 9.84 Å². The third-order valence-corrected chi connectivity index (χ3v) is 3.63. The maximum absolute atomic E-state index is 11.4. The van der Waals surface area contributed by atoms with Crippen molar-refractivity contribution in [2.75, 3.05) is 24.6 Å². The van der Waals surface area contributed by atoms with E-state index in [0.29, 0.717) is 5.69 Å². The minimum Gasteiger partial charge on any atom is -0.305 e. The summed E-state index contributed by atoms with van der Waals surface area (Å²) in [4.78, 5) is 2.21. The smallest absolute Gasteiger partial charge is 0.276 e. The summed E-state index contributed by atoms with van der Waals surface area (Å²) in [5.74, 6) is 0. The molecule has 7 nitrogen and oxygen atoms in total. The Kier molecular flexibility index (Phi) is 4.33. The molecule has 1 aliphatic rings. The zero-order valence-electron chi connectivity index (χ0n) is 10.6. The Hall–Kier alpha value is -0.960. The van der Waals surface area contributed by atoms with E-state index in [1.165, 1.54) is 4.41 Å². The molecule has 1 aromatic heterocycles. The summed E-state index contributed by atoms with van der Waals surface area (Å²) in [5, 5.41) is 4.01. The molecule has 8 heteroatoms. The lowest BCUT2D eigenvalue weighted by atomic mass is 10.1. The highest BCUT2D eigenvalue weighted by atomic mass is 32.2. The van der Waals surface area contributed by atoms with Crippen LogP contribution >= 0.6 is 0 Å². The number of rotatable bonds is 4. The van der Waals surface area contributed by atoms with Gasteiger partial charge >= 0.3 is 0 Å². The Morgan fingerprint density at radius 2 is 2.39 bits per heavy atom. The van der Waals surface area contributed by atoms with E-state index in [1.54, 1.807) is 24.1 Å². The molecule has 1 fully saturated rings. The first kappa shape index (κ1) is 13.5. The monoisotopic (exact) mass is 273 g/mol. The highest BCUT2D eigenvalue weighted by Crippen LogP contribution is 2.15. The molecule has 2 atom stereocenters. The van der Waals surface area contributed by atoms with Gasteiger partial charge in [-0.05, 0) is 26.4 Å². The second-order valence-electron chi connectivity index (χ2n) is 4.63. The number of likely N-dealkylation sites (tertiary alicyclic amines) is 1. The Balaban J connectivity index is 2.04. The molecule has 0 bridgehead atoms. The van der Waals surface area contributed by atoms with Crippen molar-refractivity contribution in [3.8, 4) is 0 Å². The van der Waals surface area contributed by atoms with E-state index in [0.717, 1.165) is 25.9 Å². The second kappa shape index (κ2) is 5.79. The van der Waals surface area contributed by atoms with Gasteiger partial charge in [0, 0.05) is 19.6 Å². The van der Waals surface area contributed by atoms with Crippen LogP contribution in [0.15, 0.2) is 12.4 Å². The van der Waals surface area contributed by atoms with E-state index in [2.05, 4.69) is 22.5 Å². The molecule has 0 saturated carbocycles. The lowest BCUT2D eigenvalue weighted by molar-refractivity contribution is 0.229. The van der Waals surface area contributed by atoms with Gasteiger partial charge in [-0.1, -0.05) is 0 Å². The molecular weight excluding hydrogens is 254 g/mol. The van der Waals surface area contributed by atoms with Crippen LogP contribution in [0.5, 0.6) is 0 Å². The van der Waals surface area contributed by atoms with E-state index in [9.17, 15) is 8.76 Å². The van der Waals surface area contributed by atoms with Crippen LogP contribution in [0.1, 0.15) is 12.8 Å². The van der Waals surface area contributed by atoms with Crippen LogP contribution in [0, 0.1) is 0 Å². The minimum atomic E-state index is -2.10. The molecule has 0 spiro atoms. The first-order chi connectivity index (χ1) is 8.56. The topological polar surface area (TPSA) is 73.6 Å². The van der Waals surface area contributed by atoms with E-state index >= 15 is 0 Å². The molecule has 2 rings (SSSR count). The maximum Gasteiger partial charge on any atom is 0.276 e. The second-order valence-corrected chi connectivity index (χ2v) is 5.45. The summed E-state index contributed by atoms with van der Waals surface area (Å²) in [6.07, 6.45) is 5.35. The SMILES string of the molecule is CN1CCC[C@@H](NN(c2cnn(C)c2)S(=O)O)C1. The molecular formula is C10H19N5O2S. The van der Waals surface area contributed by atoms with E-state index < -0.39 is 11.3 Å². The van der Waals surface area contributed by atoms with Gasteiger partial charge in [-0.15, -0.1) is 0 Å². The molecule has 0 amide bonds. The Morgan fingerprint density at radius 3 is 2.94 bits per heavy atom. The summed E-state index contributed by atoms with van der Waals surface area (Å²) in [6.45, 7) is 1.95. The summed E-state index contributed by atoms with van der Waals surface area (Å²) < 4.78 is 23.6. The fraction of sp³-hybridized carbons (Fsp3) is 0.700. The normalized spacial score (nSPS) is 22.9. The first-order valence-electron chi connectivity index (χ1n) is 5.90. The number of aryl methyl sites for hydroxylation is 1. The summed E-state index contributed by atoms with van der Waals surface area (Å²) >= 11 is -2.10. The van der Waals surface area contributed by atoms with Crippen LogP contribution in [-0.2, 0) is 18.3 Å². The predicted molar refractivity (Wildman–Crippen MR) is 70.1 cm³/mol. The molecule has 2 heterocycles. The van der Waals surface area contributed by atoms with Crippen molar-refractivity contribution in [2.24, 2.45) is 7.05 Å². The number of hydrogen-bond donors (Lipinski definition) is 2. The third-order valence-electron chi connectivity index (χ3n) is 3.01. The average Bonchev–Trinajstić information content (AvgIpc) is 2.72. The van der Waals surface area contributed by atoms with E-state index in [4.69, 9.17) is 0 Å². The van der Waals surface area contributed by atoms with Gasteiger partial charge in [0.15, 0.2) is 0 Å². The average molecular weight is 273 g/mol. The summed E-state index contributed by atoms with van der Waals surface area (Å²) in [7, 11) is 3.83. The third kappa shape index (κ3) is 3.29. The van der Waals surface area contributed by atoms with Gasteiger partial charge < -0.3 is 4.90 Å². The molecule has 0 aliphatic carbocycles. The van der Waals surface area contributed by atoms with Crippen LogP contribution in [0.2, 0.25) is 0 Å². The van der Waals surface area contributed by atoms with Gasteiger partial charge in [0.05, 0.1) is 12.4 Å². The van der Waals surface area contributed by atoms with Crippen molar-refractivity contribution < 1.29 is 8.76 Å². The number of piperidine rings is 1. The zero-order valence-corrected chi connectivity index (χ0v) is 11.4. The fourth-order valence-corrected chi connectivity index (χ4v) is 2.67. The maximum atomic E-state index is 11.4. The van der Waals surface area contributed by atoms with Gasteiger partial charge in [0.1, 0.15) is 5.69 Å². The molecule has 18 heavy (non-hydrogen) atoms. The van der Waals surface area contributed by atoms with E-state index in [-0.39, 0.29) is 6.04 Å². The summed E-state index contributed by atoms with van der Waals surface area (Å²) in [5.41, 5.74) is 3.69. The Morgan fingerprint density at radius 1 is 1.61 bits per heavy atom. The number of likely N-dealkylation sites (N-methyl/N-ethyl adjacent to an activating group) is 1. The van der Waals surface area contributed by atoms with Crippen LogP contribution in [0.3, 0.4) is 0 Å². The van der Waals surface area contributed by atoms with Gasteiger partial charge in [-0.2, -0.15) is 9.51 Å². The van der Waals surface area contributed by atoms with Gasteiger partial charge in [0.2, 0.25) is 0 Å². The molecule has 1 aliphatic heterocycles. The quantitative estimate of drug-likeness (QED) is 0.595. The molecule has 1 aromatic rings. The van der Waals surface area contributed by atoms with Crippen molar-refractivity contribution in [2.45, 2.75) is 18.9 Å². The highest BCUT2D eigenvalue weighted by molar-refractivity contribution is 7.80. The molecule has 102 valence electrons. The van der Waals surface area contributed by atoms with Crippen LogP contribution in [0.25, 0.3) is 0 Å². The standard InChI is InChI=1S/C10H19N5O2S/c1-13-5-3-4-9(7-13)12-15(18(16)17)10-6-11-14(2)8-10/h6,8-9,12H,3-5,7H2,1-2H3,(H,16,17)/t9-/m1/s1. The molecule has 1 saturated heterocycles. The zero-order chi connectivity index (χ0) is 13.1. The predicted octanol–water partition coefficient (Wildman–Crippen LogP) is -0.0380. The number of hydrogen-bond acceptors (Lipinski definition) is 4. The number of hydrazine groups is 1. The van der Waals surface area contributed by atoms with Crippen LogP contribution in [-0.4, -0.2) is 49.6 Å². The Bertz CT molecular complexity index is 424. The molecule has 1 unspecified atom stereocenters. The molecule has 0 radical (unpaired) electrons. The Labute approximate surface area is 109 Å². The van der Waals surface area contributed by atoms with Gasteiger partial charge in [-0.25, -0.2) is 9.63 Å². The van der Waals surface area contributed by atoms with Crippen molar-refractivity contribution in [1.82, 2.24) is 20.1 Å². The van der Waals surface area contributed by atoms with Crippen molar-refractivity contribution in [3.05, 3.63) is 12.4 Å². The van der Waals surface area contributed by atoms with E-state index in [1.807, 2.05) is 0 Å². The van der Waals surface area contributed by atoms with Gasteiger partial charge in [0.25, 0.3) is 11.3 Å². The minimum absolute atomic E-state index is 0.181. The summed E-state index contributed by atoms with van der Waals surface area (Å²) in [6, 6.07) is 0.181. The number of nitrogens with one attached hydrogen (secondary N) is 1. The largest absolute Gasteiger partial charge is 0.305 e. The first-order valence-corrected chi connectivity index (χ1v) is 6.97. The highest BCUT2D eigenvalue weighted by Gasteiger charge is 2.22. The fourth-order valence-electron chi connectivity index (χ4n) is 2.16. The molecule has 0 aromatic carbocycles. The number of anilines is 1. The van der Waals surface area contributed by atoms with Crippen molar-refractivity contribution in [3.63, 3.8) is 0 Å². The van der Waals surface area contributed by atoms with Crippen molar-refractivity contribution >= 4 is 17.0 Å². The lowest BCUT2D eigenvalue weighted by Gasteiger charge is -2.33. The van der Waals surface area contributed by atoms with Gasteiger partial charge in [-0.3, -0.25) is 9.23 Å². The number of aromatic nitrogens is 2. The van der Waals surface area contributed by atoms with Crippen molar-refractivity contribution in [1.29, 1.82) is 0 Å². The number of nitrogens with zero attached hydrogens (tertiary/aromatic N) is 4. The lowest BCUT2D eigenvalue weighted by Crippen LogP contribution is -2.52. The van der Waals surface area contributed by atoms with Crippen LogP contribution in [0.4, 0.5) is 5.69 Å². The molecule has 2 N–H and O–H groups in total.